The maximum Gasteiger partial charge on any atom is 0.197 e. The van der Waals surface area contributed by atoms with Crippen LogP contribution in [-0.2, 0) is 12.0 Å². The minimum Gasteiger partial charge on any atom is -0.494 e. The molecule has 204 valence electrons. The lowest BCUT2D eigenvalue weighted by molar-refractivity contribution is 0.0962. The molecule has 2 aromatic carbocycles. The minimum atomic E-state index is -0.624. The summed E-state index contributed by atoms with van der Waals surface area (Å²) in [6, 6.07) is 5.51. The van der Waals surface area contributed by atoms with Gasteiger partial charge in [0.15, 0.2) is 23.1 Å². The first kappa shape index (κ1) is 30.4. The van der Waals surface area contributed by atoms with Crippen LogP contribution in [0.15, 0.2) is 18.2 Å². The van der Waals surface area contributed by atoms with Gasteiger partial charge in [-0.25, -0.2) is 4.39 Å². The molecular formula is C28H39BrFN3O4. The first-order valence-electron chi connectivity index (χ1n) is 12.4. The van der Waals surface area contributed by atoms with Crippen LogP contribution in [0.3, 0.4) is 0 Å². The number of benzene rings is 2. The third-order valence-electron chi connectivity index (χ3n) is 5.97. The normalized spacial score (nSPS) is 12.8. The predicted molar refractivity (Wildman–Crippen MR) is 151 cm³/mol. The van der Waals surface area contributed by atoms with Gasteiger partial charge in [0.05, 0.1) is 38.1 Å². The summed E-state index contributed by atoms with van der Waals surface area (Å²) in [5.41, 5.74) is 2.66. The summed E-state index contributed by atoms with van der Waals surface area (Å²) in [4.78, 5) is 15.1. The van der Waals surface area contributed by atoms with E-state index in [9.17, 15) is 4.79 Å². The number of rotatable bonds is 10. The molecule has 3 rings (SSSR count). The zero-order valence-electron chi connectivity index (χ0n) is 23.0. The van der Waals surface area contributed by atoms with Crippen molar-refractivity contribution in [2.45, 2.75) is 66.5 Å². The van der Waals surface area contributed by atoms with E-state index in [1.807, 2.05) is 26.8 Å². The maximum absolute atomic E-state index is 15.4. The summed E-state index contributed by atoms with van der Waals surface area (Å²) in [5.74, 6) is 0.202. The number of nitrogens with one attached hydrogen (secondary N) is 2. The molecule has 0 aromatic heterocycles. The highest BCUT2D eigenvalue weighted by Crippen LogP contribution is 2.40. The van der Waals surface area contributed by atoms with Crippen LogP contribution in [0.4, 0.5) is 10.1 Å². The number of Topliss-reactive ketones (excluding diaryl/α,β-unsaturated/α-hetero) is 1. The summed E-state index contributed by atoms with van der Waals surface area (Å²) in [6.07, 6.45) is 0. The largest absolute Gasteiger partial charge is 0.494 e. The first-order valence-corrected chi connectivity index (χ1v) is 12.4. The molecule has 0 radical (unpaired) electrons. The zero-order chi connectivity index (χ0) is 26.8. The third kappa shape index (κ3) is 6.37. The second-order valence-electron chi connectivity index (χ2n) is 10.2. The number of anilines is 1. The summed E-state index contributed by atoms with van der Waals surface area (Å²) in [7, 11) is 1.63. The highest BCUT2D eigenvalue weighted by atomic mass is 79.9. The quantitative estimate of drug-likeness (QED) is 0.319. The number of nitrogens with zero attached hydrogens (tertiary/aromatic N) is 1. The number of hydrogen-bond donors (Lipinski definition) is 2. The van der Waals surface area contributed by atoms with E-state index in [2.05, 4.69) is 26.1 Å². The van der Waals surface area contributed by atoms with E-state index in [1.165, 1.54) is 0 Å². The van der Waals surface area contributed by atoms with Gasteiger partial charge < -0.3 is 24.4 Å². The molecule has 37 heavy (non-hydrogen) atoms. The molecular weight excluding hydrogens is 541 g/mol. The topological polar surface area (TPSA) is 83.9 Å². The van der Waals surface area contributed by atoms with Crippen molar-refractivity contribution >= 4 is 34.3 Å². The Kier molecular flexibility index (Phi) is 9.99. The molecule has 9 heteroatoms. The molecule has 1 heterocycles. The minimum absolute atomic E-state index is 0. The van der Waals surface area contributed by atoms with Gasteiger partial charge in [-0.3, -0.25) is 10.2 Å². The van der Waals surface area contributed by atoms with Crippen molar-refractivity contribution in [3.63, 3.8) is 0 Å². The molecule has 0 amide bonds. The summed E-state index contributed by atoms with van der Waals surface area (Å²) in [5, 5.41) is 12.0. The van der Waals surface area contributed by atoms with Crippen LogP contribution in [0, 0.1) is 11.2 Å². The van der Waals surface area contributed by atoms with Crippen LogP contribution in [0.1, 0.15) is 75.5 Å². The van der Waals surface area contributed by atoms with E-state index in [1.54, 1.807) is 31.1 Å². The van der Waals surface area contributed by atoms with Crippen molar-refractivity contribution in [2.24, 2.45) is 0 Å². The first-order chi connectivity index (χ1) is 16.9. The fourth-order valence-electron chi connectivity index (χ4n) is 4.41. The van der Waals surface area contributed by atoms with E-state index in [0.717, 1.165) is 11.3 Å². The number of carbonyl (C=O) groups excluding carboxylic acids is 1. The molecule has 1 aliphatic heterocycles. The SMILES string of the molecule is Br.CCOc1cc2c(c(F)c1OCC)C(=N)N(CC(=O)c1cc(NC(C)C)c(OC)c(C(C)(C)C)c1)C2. The monoisotopic (exact) mass is 579 g/mol. The van der Waals surface area contributed by atoms with Crippen LogP contribution in [0.5, 0.6) is 17.2 Å². The van der Waals surface area contributed by atoms with Crippen molar-refractivity contribution < 1.29 is 23.4 Å². The lowest BCUT2D eigenvalue weighted by Gasteiger charge is -2.26. The van der Waals surface area contributed by atoms with Gasteiger partial charge in [-0.05, 0) is 56.9 Å². The fraction of sp³-hybridized carbons (Fsp3) is 0.500. The standard InChI is InChI=1S/C28H38FN3O4.BrH/c1-9-35-22-13-18-14-32(27(30)23(18)24(29)26(22)36-10-2)15-21(33)17-11-19(28(5,6)7)25(34-8)20(12-17)31-16(3)4;/h11-13,16,30-31H,9-10,14-15H2,1-8H3;1H. The molecule has 0 unspecified atom stereocenters. The number of hydrogen-bond acceptors (Lipinski definition) is 6. The van der Waals surface area contributed by atoms with Crippen molar-refractivity contribution in [3.8, 4) is 17.2 Å². The summed E-state index contributed by atoms with van der Waals surface area (Å²) in [6.45, 7) is 14.6. The van der Waals surface area contributed by atoms with Gasteiger partial charge in [0.2, 0.25) is 0 Å². The lowest BCUT2D eigenvalue weighted by atomic mass is 9.84. The van der Waals surface area contributed by atoms with Crippen molar-refractivity contribution in [3.05, 3.63) is 46.3 Å². The van der Waals surface area contributed by atoms with Crippen molar-refractivity contribution in [2.75, 3.05) is 32.2 Å². The van der Waals surface area contributed by atoms with Gasteiger partial charge in [-0.15, -0.1) is 17.0 Å². The molecule has 7 nitrogen and oxygen atoms in total. The van der Waals surface area contributed by atoms with Gasteiger partial charge >= 0.3 is 0 Å². The maximum atomic E-state index is 15.4. The summed E-state index contributed by atoms with van der Waals surface area (Å²) < 4.78 is 32.2. The molecule has 0 atom stereocenters. The Morgan fingerprint density at radius 2 is 1.78 bits per heavy atom. The number of amidine groups is 1. The molecule has 2 aromatic rings. The second-order valence-corrected chi connectivity index (χ2v) is 10.2. The molecule has 0 saturated heterocycles. The Morgan fingerprint density at radius 3 is 2.32 bits per heavy atom. The van der Waals surface area contributed by atoms with Gasteiger partial charge in [0.1, 0.15) is 11.6 Å². The van der Waals surface area contributed by atoms with E-state index in [4.69, 9.17) is 19.6 Å². The number of carbonyl (C=O) groups is 1. The Morgan fingerprint density at radius 1 is 1.14 bits per heavy atom. The number of ketones is 1. The molecule has 1 aliphatic rings. The highest BCUT2D eigenvalue weighted by Gasteiger charge is 2.33. The Labute approximate surface area is 229 Å². The highest BCUT2D eigenvalue weighted by molar-refractivity contribution is 8.93. The van der Waals surface area contributed by atoms with Gasteiger partial charge in [0, 0.05) is 23.7 Å². The van der Waals surface area contributed by atoms with E-state index in [-0.39, 0.29) is 71.1 Å². The molecule has 2 N–H and O–H groups in total. The number of fused-ring (bicyclic) bond motifs is 1. The average Bonchev–Trinajstić information content (AvgIpc) is 3.09. The van der Waals surface area contributed by atoms with Gasteiger partial charge in [0.25, 0.3) is 0 Å². The zero-order valence-corrected chi connectivity index (χ0v) is 24.7. The van der Waals surface area contributed by atoms with Crippen LogP contribution < -0.4 is 19.5 Å². The molecule has 0 aliphatic carbocycles. The molecule has 0 spiro atoms. The fourth-order valence-corrected chi connectivity index (χ4v) is 4.41. The van der Waals surface area contributed by atoms with Gasteiger partial charge in [-0.2, -0.15) is 0 Å². The van der Waals surface area contributed by atoms with Crippen LogP contribution in [-0.4, -0.2) is 49.4 Å². The summed E-state index contributed by atoms with van der Waals surface area (Å²) >= 11 is 0. The molecule has 0 saturated carbocycles. The third-order valence-corrected chi connectivity index (χ3v) is 5.97. The average molecular weight is 581 g/mol. The Balaban J connectivity index is 0.00000481. The molecule has 0 bridgehead atoms. The predicted octanol–water partition coefficient (Wildman–Crippen LogP) is 6.35. The second kappa shape index (κ2) is 12.2. The smallest absolute Gasteiger partial charge is 0.197 e. The van der Waals surface area contributed by atoms with E-state index < -0.39 is 5.82 Å². The van der Waals surface area contributed by atoms with Crippen LogP contribution >= 0.6 is 17.0 Å². The Bertz CT molecular complexity index is 1160. The van der Waals surface area contributed by atoms with Crippen LogP contribution in [0.25, 0.3) is 0 Å². The molecule has 0 fully saturated rings. The number of halogens is 2. The number of ether oxygens (including phenoxy) is 3. The lowest BCUT2D eigenvalue weighted by Crippen LogP contribution is -2.31. The van der Waals surface area contributed by atoms with Gasteiger partial charge in [-0.1, -0.05) is 20.8 Å². The van der Waals surface area contributed by atoms with Crippen molar-refractivity contribution in [1.82, 2.24) is 4.90 Å². The van der Waals surface area contributed by atoms with E-state index >= 15 is 4.39 Å². The Hall–Kier alpha value is -2.81. The van der Waals surface area contributed by atoms with Crippen molar-refractivity contribution in [1.29, 1.82) is 5.41 Å². The number of methoxy groups -OCH3 is 1. The van der Waals surface area contributed by atoms with Crippen LogP contribution in [0.2, 0.25) is 0 Å². The van der Waals surface area contributed by atoms with E-state index in [0.29, 0.717) is 29.2 Å².